The largest absolute Gasteiger partial charge is 0.392 e. The van der Waals surface area contributed by atoms with Gasteiger partial charge >= 0.3 is 0 Å². The van der Waals surface area contributed by atoms with Gasteiger partial charge in [-0.2, -0.15) is 0 Å². The molecule has 0 bridgehead atoms. The van der Waals surface area contributed by atoms with Gasteiger partial charge in [0.25, 0.3) is 0 Å². The fraction of sp³-hybridized carbons (Fsp3) is 1.00. The number of likely N-dealkylation sites (tertiary alicyclic amines) is 1. The summed E-state index contributed by atoms with van der Waals surface area (Å²) in [6.45, 7) is 12.9. The Hall–Kier alpha value is -0.120. The van der Waals surface area contributed by atoms with Crippen molar-refractivity contribution in [3.05, 3.63) is 0 Å². The number of β-amino-alcohol motifs (C(OH)–C–C–N with tert-alkyl or cyclic N) is 1. The predicted molar refractivity (Wildman–Crippen MR) is 73.2 cm³/mol. The maximum Gasteiger partial charge on any atom is 0.0664 e. The predicted octanol–water partition coefficient (Wildman–Crippen LogP) is 1.86. The van der Waals surface area contributed by atoms with Gasteiger partial charge in [0.05, 0.1) is 6.10 Å². The number of piperidine rings is 1. The van der Waals surface area contributed by atoms with E-state index in [0.717, 1.165) is 38.5 Å². The van der Waals surface area contributed by atoms with Gasteiger partial charge < -0.3 is 15.3 Å². The molecule has 0 aliphatic carbocycles. The van der Waals surface area contributed by atoms with E-state index in [1.54, 1.807) is 0 Å². The first-order valence-corrected chi connectivity index (χ1v) is 7.06. The maximum absolute atomic E-state index is 9.70. The van der Waals surface area contributed by atoms with Gasteiger partial charge in [-0.05, 0) is 59.0 Å². The third-order valence-electron chi connectivity index (χ3n) is 3.46. The average Bonchev–Trinajstić information content (AvgIpc) is 2.26. The molecule has 0 saturated carbocycles. The first-order chi connectivity index (χ1) is 7.90. The molecular formula is C14H30N2O. The lowest BCUT2D eigenvalue weighted by molar-refractivity contribution is 0.0807. The fourth-order valence-electron chi connectivity index (χ4n) is 2.36. The summed E-state index contributed by atoms with van der Waals surface area (Å²) < 4.78 is 0. The van der Waals surface area contributed by atoms with Crippen LogP contribution >= 0.6 is 0 Å². The van der Waals surface area contributed by atoms with Crippen molar-refractivity contribution >= 4 is 0 Å². The molecule has 1 aliphatic rings. The standard InChI is InChI=1S/C14H30N2O/c1-5-13(17)11-16-8-6-7-12(10-16)9-15-14(2,3)4/h12-13,15,17H,5-11H2,1-4H3. The highest BCUT2D eigenvalue weighted by Crippen LogP contribution is 2.17. The summed E-state index contributed by atoms with van der Waals surface area (Å²) in [6.07, 6.45) is 3.31. The van der Waals surface area contributed by atoms with Crippen LogP contribution in [0, 0.1) is 5.92 Å². The van der Waals surface area contributed by atoms with Gasteiger partial charge in [-0.3, -0.25) is 0 Å². The first-order valence-electron chi connectivity index (χ1n) is 7.06. The highest BCUT2D eigenvalue weighted by Gasteiger charge is 2.22. The van der Waals surface area contributed by atoms with E-state index >= 15 is 0 Å². The molecular weight excluding hydrogens is 212 g/mol. The Morgan fingerprint density at radius 3 is 2.71 bits per heavy atom. The van der Waals surface area contributed by atoms with Crippen LogP contribution in [0.2, 0.25) is 0 Å². The summed E-state index contributed by atoms with van der Waals surface area (Å²) >= 11 is 0. The maximum atomic E-state index is 9.70. The Morgan fingerprint density at radius 2 is 2.12 bits per heavy atom. The van der Waals surface area contributed by atoms with Crippen LogP contribution in [-0.2, 0) is 0 Å². The second-order valence-corrected chi connectivity index (χ2v) is 6.46. The zero-order chi connectivity index (χ0) is 12.9. The molecule has 1 aliphatic heterocycles. The van der Waals surface area contributed by atoms with E-state index in [0.29, 0.717) is 0 Å². The molecule has 3 heteroatoms. The lowest BCUT2D eigenvalue weighted by atomic mass is 9.96. The van der Waals surface area contributed by atoms with Crippen molar-refractivity contribution in [2.75, 3.05) is 26.2 Å². The van der Waals surface area contributed by atoms with Gasteiger partial charge in [-0.15, -0.1) is 0 Å². The van der Waals surface area contributed by atoms with Crippen molar-refractivity contribution in [3.63, 3.8) is 0 Å². The minimum Gasteiger partial charge on any atom is -0.392 e. The molecule has 1 heterocycles. The number of hydrogen-bond donors (Lipinski definition) is 2. The van der Waals surface area contributed by atoms with Crippen LogP contribution < -0.4 is 5.32 Å². The van der Waals surface area contributed by atoms with Crippen LogP contribution in [0.5, 0.6) is 0 Å². The monoisotopic (exact) mass is 242 g/mol. The van der Waals surface area contributed by atoms with E-state index in [4.69, 9.17) is 0 Å². The van der Waals surface area contributed by atoms with E-state index in [2.05, 4.69) is 31.0 Å². The van der Waals surface area contributed by atoms with E-state index in [1.165, 1.54) is 12.8 Å². The Morgan fingerprint density at radius 1 is 1.41 bits per heavy atom. The Bertz CT molecular complexity index is 213. The van der Waals surface area contributed by atoms with Gasteiger partial charge in [-0.25, -0.2) is 0 Å². The normalized spacial score (nSPS) is 24.9. The summed E-state index contributed by atoms with van der Waals surface area (Å²) in [5.41, 5.74) is 0.214. The van der Waals surface area contributed by atoms with E-state index < -0.39 is 0 Å². The number of rotatable bonds is 5. The van der Waals surface area contributed by atoms with Crippen LogP contribution in [0.25, 0.3) is 0 Å². The number of aliphatic hydroxyl groups is 1. The van der Waals surface area contributed by atoms with Crippen molar-refractivity contribution < 1.29 is 5.11 Å². The summed E-state index contributed by atoms with van der Waals surface area (Å²) in [6, 6.07) is 0. The van der Waals surface area contributed by atoms with Gasteiger partial charge in [0.15, 0.2) is 0 Å². The Balaban J connectivity index is 2.28. The highest BCUT2D eigenvalue weighted by atomic mass is 16.3. The molecule has 1 saturated heterocycles. The summed E-state index contributed by atoms with van der Waals surface area (Å²) in [4.78, 5) is 2.42. The quantitative estimate of drug-likeness (QED) is 0.772. The molecule has 1 rings (SSSR count). The van der Waals surface area contributed by atoms with Crippen LogP contribution in [0.15, 0.2) is 0 Å². The Labute approximate surface area is 107 Å². The van der Waals surface area contributed by atoms with Crippen LogP contribution in [0.4, 0.5) is 0 Å². The van der Waals surface area contributed by atoms with Crippen molar-refractivity contribution in [1.82, 2.24) is 10.2 Å². The van der Waals surface area contributed by atoms with E-state index in [1.807, 2.05) is 6.92 Å². The van der Waals surface area contributed by atoms with Gasteiger partial charge in [-0.1, -0.05) is 6.92 Å². The molecule has 0 aromatic carbocycles. The third kappa shape index (κ3) is 6.39. The first kappa shape index (κ1) is 14.9. The number of hydrogen-bond acceptors (Lipinski definition) is 3. The smallest absolute Gasteiger partial charge is 0.0664 e. The number of nitrogens with zero attached hydrogens (tertiary/aromatic N) is 1. The van der Waals surface area contributed by atoms with E-state index in [-0.39, 0.29) is 11.6 Å². The third-order valence-corrected chi connectivity index (χ3v) is 3.46. The summed E-state index contributed by atoms with van der Waals surface area (Å²) in [7, 11) is 0. The topological polar surface area (TPSA) is 35.5 Å². The number of nitrogens with one attached hydrogen (secondary N) is 1. The van der Waals surface area contributed by atoms with Gasteiger partial charge in [0, 0.05) is 18.6 Å². The van der Waals surface area contributed by atoms with Crippen molar-refractivity contribution in [3.8, 4) is 0 Å². The fourth-order valence-corrected chi connectivity index (χ4v) is 2.36. The molecule has 0 aromatic heterocycles. The zero-order valence-corrected chi connectivity index (χ0v) is 12.0. The Kier molecular flexibility index (Phi) is 5.90. The minimum absolute atomic E-state index is 0.149. The molecule has 0 aromatic rings. The second-order valence-electron chi connectivity index (χ2n) is 6.46. The molecule has 0 spiro atoms. The molecule has 17 heavy (non-hydrogen) atoms. The molecule has 2 N–H and O–H groups in total. The van der Waals surface area contributed by atoms with Crippen molar-refractivity contribution in [1.29, 1.82) is 0 Å². The molecule has 2 atom stereocenters. The van der Waals surface area contributed by atoms with Crippen LogP contribution in [0.1, 0.15) is 47.0 Å². The molecule has 2 unspecified atom stereocenters. The average molecular weight is 242 g/mol. The van der Waals surface area contributed by atoms with Crippen molar-refractivity contribution in [2.24, 2.45) is 5.92 Å². The van der Waals surface area contributed by atoms with E-state index in [9.17, 15) is 5.11 Å². The molecule has 3 nitrogen and oxygen atoms in total. The lowest BCUT2D eigenvalue weighted by Crippen LogP contribution is -2.46. The summed E-state index contributed by atoms with van der Waals surface area (Å²) in [5, 5.41) is 13.3. The SMILES string of the molecule is CCC(O)CN1CCCC(CNC(C)(C)C)C1. The van der Waals surface area contributed by atoms with Gasteiger partial charge in [0.1, 0.15) is 0 Å². The molecule has 0 radical (unpaired) electrons. The van der Waals surface area contributed by atoms with Crippen LogP contribution in [0.3, 0.4) is 0 Å². The molecule has 1 fully saturated rings. The molecule has 102 valence electrons. The lowest BCUT2D eigenvalue weighted by Gasteiger charge is -2.35. The molecule has 0 amide bonds. The summed E-state index contributed by atoms with van der Waals surface area (Å²) in [5.74, 6) is 0.743. The van der Waals surface area contributed by atoms with Crippen molar-refractivity contribution in [2.45, 2.75) is 58.6 Å². The highest BCUT2D eigenvalue weighted by molar-refractivity contribution is 4.79. The minimum atomic E-state index is -0.149. The number of aliphatic hydroxyl groups excluding tert-OH is 1. The zero-order valence-electron chi connectivity index (χ0n) is 12.0. The van der Waals surface area contributed by atoms with Gasteiger partial charge in [0.2, 0.25) is 0 Å². The second kappa shape index (κ2) is 6.72. The van der Waals surface area contributed by atoms with Crippen LogP contribution in [-0.4, -0.2) is 47.8 Å².